The fourth-order valence-electron chi connectivity index (χ4n) is 4.74. The molecule has 2 aliphatic rings. The molecule has 1 aromatic rings. The minimum absolute atomic E-state index is 0. The summed E-state index contributed by atoms with van der Waals surface area (Å²) in [6.45, 7) is 5.47. The largest absolute Gasteiger partial charge is 1.00 e. The van der Waals surface area contributed by atoms with Crippen molar-refractivity contribution in [2.24, 2.45) is 5.16 Å². The molecule has 3 rings (SSSR count). The number of quaternary nitrogens is 2. The quantitative estimate of drug-likeness (QED) is 0.0953. The Labute approximate surface area is 255 Å². The molecule has 0 unspecified atom stereocenters. The SMILES string of the molecule is C[N+](C)(CC#CCOC1=NOCC1)CCCCCCC[N+](C)(C)CCCN1C(=O)c2ccccc2C1=O.[Br-].[Br-]. The number of unbranched alkanes of at least 4 members (excludes halogenated alkanes) is 4. The van der Waals surface area contributed by atoms with Crippen molar-refractivity contribution in [1.29, 1.82) is 0 Å². The minimum Gasteiger partial charge on any atom is -1.00 e. The minimum atomic E-state index is -0.154. The van der Waals surface area contributed by atoms with Crippen LogP contribution in [0, 0.1) is 11.8 Å². The maximum atomic E-state index is 12.5. The number of oxime groups is 1. The highest BCUT2D eigenvalue weighted by molar-refractivity contribution is 6.21. The monoisotopic (exact) mass is 670 g/mol. The molecule has 0 fully saturated rings. The van der Waals surface area contributed by atoms with Gasteiger partial charge in [-0.15, -0.1) is 0 Å². The van der Waals surface area contributed by atoms with Gasteiger partial charge in [0.2, 0.25) is 5.90 Å². The molecule has 0 spiro atoms. The molecule has 2 heterocycles. The van der Waals surface area contributed by atoms with Gasteiger partial charge in [-0.05, 0) is 43.7 Å². The standard InChI is InChI=1S/C29H44N4O4.2BrH/c1-32(2,21-12-13-23-36-27-17-24-37-30-27)19-10-6-5-7-11-20-33(3,4)22-14-18-31-28(34)25-15-8-9-16-26(25)29(31)35;;/h8-9,15-16H,5-7,10-11,14,17-24H2,1-4H3;2*1H/q+2;;/p-2. The van der Waals surface area contributed by atoms with Crippen LogP contribution in [-0.2, 0) is 9.57 Å². The molecule has 0 radical (unpaired) electrons. The molecule has 0 atom stereocenters. The zero-order chi connectivity index (χ0) is 26.7. The summed E-state index contributed by atoms with van der Waals surface area (Å²) in [6, 6.07) is 7.10. The van der Waals surface area contributed by atoms with Gasteiger partial charge in [-0.2, -0.15) is 0 Å². The van der Waals surface area contributed by atoms with Crippen molar-refractivity contribution in [3.05, 3.63) is 35.4 Å². The molecule has 2 amide bonds. The number of carbonyl (C=O) groups excluding carboxylic acids is 2. The van der Waals surface area contributed by atoms with Gasteiger partial charge in [-0.1, -0.05) is 29.6 Å². The fraction of sp³-hybridized carbons (Fsp3) is 0.621. The van der Waals surface area contributed by atoms with E-state index in [-0.39, 0.29) is 45.8 Å². The maximum Gasteiger partial charge on any atom is 0.261 e. The summed E-state index contributed by atoms with van der Waals surface area (Å²) in [6.07, 6.45) is 7.68. The van der Waals surface area contributed by atoms with Crippen LogP contribution in [0.5, 0.6) is 0 Å². The van der Waals surface area contributed by atoms with Gasteiger partial charge < -0.3 is 52.5 Å². The predicted molar refractivity (Wildman–Crippen MR) is 145 cm³/mol. The normalized spacial score (nSPS) is 14.5. The van der Waals surface area contributed by atoms with Gasteiger partial charge in [0.25, 0.3) is 11.8 Å². The average Bonchev–Trinajstić information content (AvgIpc) is 3.46. The fourth-order valence-corrected chi connectivity index (χ4v) is 4.74. The number of hydrogen-bond acceptors (Lipinski definition) is 5. The van der Waals surface area contributed by atoms with Crippen molar-refractivity contribution >= 4 is 17.7 Å². The van der Waals surface area contributed by atoms with E-state index in [0.717, 1.165) is 48.0 Å². The topological polar surface area (TPSA) is 68.2 Å². The van der Waals surface area contributed by atoms with Gasteiger partial charge in [-0.25, -0.2) is 0 Å². The number of hydrogen-bond donors (Lipinski definition) is 0. The summed E-state index contributed by atoms with van der Waals surface area (Å²) in [5.74, 6) is 6.65. The van der Waals surface area contributed by atoms with E-state index >= 15 is 0 Å². The molecular formula is C29H44Br2N4O4. The molecule has 39 heavy (non-hydrogen) atoms. The summed E-state index contributed by atoms with van der Waals surface area (Å²) in [4.78, 5) is 31.4. The molecule has 2 aliphatic heterocycles. The van der Waals surface area contributed by atoms with E-state index in [1.165, 1.54) is 37.0 Å². The van der Waals surface area contributed by atoms with Crippen LogP contribution in [0.15, 0.2) is 29.4 Å². The molecule has 0 saturated carbocycles. The molecular weight excluding hydrogens is 628 g/mol. The summed E-state index contributed by atoms with van der Waals surface area (Å²) in [5, 5.41) is 3.80. The molecule has 0 saturated heterocycles. The predicted octanol–water partition coefficient (Wildman–Crippen LogP) is -2.46. The molecule has 0 aliphatic carbocycles. The van der Waals surface area contributed by atoms with E-state index in [4.69, 9.17) is 9.57 Å². The van der Waals surface area contributed by atoms with Crippen molar-refractivity contribution in [2.45, 2.75) is 44.9 Å². The lowest BCUT2D eigenvalue weighted by Gasteiger charge is -2.30. The Morgan fingerprint density at radius 1 is 0.846 bits per heavy atom. The molecule has 8 nitrogen and oxygen atoms in total. The number of imide groups is 1. The van der Waals surface area contributed by atoms with E-state index in [1.807, 2.05) is 12.1 Å². The molecule has 218 valence electrons. The Balaban J connectivity index is 0.00000380. The van der Waals surface area contributed by atoms with Crippen LogP contribution in [0.3, 0.4) is 0 Å². The van der Waals surface area contributed by atoms with Crippen LogP contribution >= 0.6 is 0 Å². The molecule has 0 aromatic heterocycles. The second-order valence-corrected chi connectivity index (χ2v) is 11.3. The first-order chi connectivity index (χ1) is 17.7. The third kappa shape index (κ3) is 11.6. The first-order valence-electron chi connectivity index (χ1n) is 13.6. The Morgan fingerprint density at radius 3 is 2.00 bits per heavy atom. The number of rotatable bonds is 14. The summed E-state index contributed by atoms with van der Waals surface area (Å²) in [5.41, 5.74) is 1.07. The van der Waals surface area contributed by atoms with E-state index in [0.29, 0.717) is 36.8 Å². The second kappa shape index (κ2) is 17.0. The van der Waals surface area contributed by atoms with Gasteiger partial charge in [0.1, 0.15) is 13.2 Å². The Kier molecular flexibility index (Phi) is 15.3. The number of amides is 2. The van der Waals surface area contributed by atoms with Crippen LogP contribution in [0.1, 0.15) is 65.7 Å². The van der Waals surface area contributed by atoms with Crippen LogP contribution in [0.25, 0.3) is 0 Å². The first-order valence-corrected chi connectivity index (χ1v) is 13.6. The Bertz CT molecular complexity index is 999. The van der Waals surface area contributed by atoms with Crippen LogP contribution in [0.2, 0.25) is 0 Å². The third-order valence-electron chi connectivity index (χ3n) is 7.07. The summed E-state index contributed by atoms with van der Waals surface area (Å²) in [7, 11) is 8.94. The van der Waals surface area contributed by atoms with Crippen molar-refractivity contribution < 1.29 is 62.1 Å². The highest BCUT2D eigenvalue weighted by atomic mass is 79.9. The molecule has 0 bridgehead atoms. The molecule has 0 N–H and O–H groups in total. The number of halogens is 2. The van der Waals surface area contributed by atoms with Gasteiger partial charge in [0, 0.05) is 13.0 Å². The van der Waals surface area contributed by atoms with E-state index in [2.05, 4.69) is 45.2 Å². The Hall–Kier alpha value is -1.93. The smallest absolute Gasteiger partial charge is 0.261 e. The lowest BCUT2D eigenvalue weighted by Crippen LogP contribution is -3.00. The zero-order valence-electron chi connectivity index (χ0n) is 23.9. The van der Waals surface area contributed by atoms with Crippen molar-refractivity contribution in [1.82, 2.24) is 4.90 Å². The van der Waals surface area contributed by atoms with Crippen molar-refractivity contribution in [3.63, 3.8) is 0 Å². The number of benzene rings is 1. The molecule has 1 aromatic carbocycles. The molecule has 10 heteroatoms. The zero-order valence-corrected chi connectivity index (χ0v) is 27.1. The lowest BCUT2D eigenvalue weighted by molar-refractivity contribution is -0.890. The average molecular weight is 673 g/mol. The third-order valence-corrected chi connectivity index (χ3v) is 7.07. The number of nitrogens with zero attached hydrogens (tertiary/aromatic N) is 4. The van der Waals surface area contributed by atoms with Gasteiger partial charge >= 0.3 is 0 Å². The van der Waals surface area contributed by atoms with E-state index in [1.54, 1.807) is 12.1 Å². The van der Waals surface area contributed by atoms with E-state index < -0.39 is 0 Å². The van der Waals surface area contributed by atoms with Crippen LogP contribution in [0.4, 0.5) is 0 Å². The van der Waals surface area contributed by atoms with Gasteiger partial charge in [-0.3, -0.25) is 14.5 Å². The van der Waals surface area contributed by atoms with Gasteiger partial charge in [0.05, 0.1) is 65.4 Å². The number of carbonyl (C=O) groups is 2. The van der Waals surface area contributed by atoms with Crippen LogP contribution < -0.4 is 34.0 Å². The first kappa shape index (κ1) is 35.1. The number of ether oxygens (including phenoxy) is 1. The van der Waals surface area contributed by atoms with Crippen molar-refractivity contribution in [2.75, 3.05) is 74.1 Å². The summed E-state index contributed by atoms with van der Waals surface area (Å²) < 4.78 is 7.27. The lowest BCUT2D eigenvalue weighted by atomic mass is 10.1. The number of fused-ring (bicyclic) bond motifs is 1. The van der Waals surface area contributed by atoms with E-state index in [9.17, 15) is 9.59 Å². The highest BCUT2D eigenvalue weighted by Crippen LogP contribution is 2.22. The van der Waals surface area contributed by atoms with Gasteiger partial charge in [0.15, 0.2) is 6.61 Å². The maximum absolute atomic E-state index is 12.5. The van der Waals surface area contributed by atoms with Crippen molar-refractivity contribution in [3.8, 4) is 11.8 Å². The summed E-state index contributed by atoms with van der Waals surface area (Å²) >= 11 is 0. The Morgan fingerprint density at radius 2 is 1.41 bits per heavy atom. The van der Waals surface area contributed by atoms with Crippen LogP contribution in [-0.4, -0.2) is 106 Å². The second-order valence-electron chi connectivity index (χ2n) is 11.3. The highest BCUT2D eigenvalue weighted by Gasteiger charge is 2.34.